The third kappa shape index (κ3) is 2.69. The third-order valence-corrected chi connectivity index (χ3v) is 5.26. The van der Waals surface area contributed by atoms with Gasteiger partial charge in [0.25, 0.3) is 0 Å². The van der Waals surface area contributed by atoms with Gasteiger partial charge in [0.15, 0.2) is 0 Å². The van der Waals surface area contributed by atoms with Crippen molar-refractivity contribution < 1.29 is 4.59 Å². The lowest BCUT2D eigenvalue weighted by Crippen LogP contribution is -2.59. The van der Waals surface area contributed by atoms with Crippen LogP contribution in [-0.2, 0) is 0 Å². The van der Waals surface area contributed by atoms with Crippen LogP contribution in [0.2, 0.25) is 0 Å². The molecule has 0 fully saturated rings. The van der Waals surface area contributed by atoms with Gasteiger partial charge in [-0.2, -0.15) is 0 Å². The molecule has 0 saturated heterocycles. The van der Waals surface area contributed by atoms with Crippen LogP contribution in [0, 0.1) is 20.8 Å². The molecule has 1 atom stereocenters. The number of nitrogens with zero attached hydrogens (tertiary/aromatic N) is 2. The molecule has 1 aromatic rings. The van der Waals surface area contributed by atoms with E-state index in [0.717, 1.165) is 4.59 Å². The number of aryl methyl sites for hydroxylation is 3. The Kier molecular flexibility index (Phi) is 5.01. The first-order valence-corrected chi connectivity index (χ1v) is 8.78. The molecule has 0 aromatic heterocycles. The number of rotatable bonds is 5. The second-order valence-corrected chi connectivity index (χ2v) is 7.02. The summed E-state index contributed by atoms with van der Waals surface area (Å²) in [5.74, 6) is 0. The van der Waals surface area contributed by atoms with Crippen molar-refractivity contribution in [3.8, 4) is 0 Å². The van der Waals surface area contributed by atoms with Crippen LogP contribution in [0.15, 0.2) is 18.2 Å². The van der Waals surface area contributed by atoms with Crippen molar-refractivity contribution in [2.75, 3.05) is 20.1 Å². The minimum absolute atomic E-state index is 0.556. The van der Waals surface area contributed by atoms with Gasteiger partial charge in [-0.15, -0.1) is 0 Å². The smallest absolute Gasteiger partial charge is 0.130 e. The van der Waals surface area contributed by atoms with Gasteiger partial charge in [0.05, 0.1) is 12.7 Å². The van der Waals surface area contributed by atoms with E-state index in [0.29, 0.717) is 6.04 Å². The lowest BCUT2D eigenvalue weighted by atomic mass is 9.97. The Morgan fingerprint density at radius 1 is 1.00 bits per heavy atom. The number of benzene rings is 1. The molecule has 2 heteroatoms. The van der Waals surface area contributed by atoms with Gasteiger partial charge in [-0.25, -0.2) is 9.60 Å². The Balaban J connectivity index is 2.49. The van der Waals surface area contributed by atoms with Crippen molar-refractivity contribution in [2.45, 2.75) is 60.4 Å². The maximum absolute atomic E-state index is 2.54. The van der Waals surface area contributed by atoms with Crippen LogP contribution in [0.4, 0.5) is 0 Å². The van der Waals surface area contributed by atoms with E-state index < -0.39 is 0 Å². The fourth-order valence-corrected chi connectivity index (χ4v) is 4.39. The van der Waals surface area contributed by atoms with Crippen molar-refractivity contribution in [3.05, 3.63) is 40.5 Å². The molecule has 0 amide bonds. The van der Waals surface area contributed by atoms with Gasteiger partial charge in [-0.3, -0.25) is 0 Å². The molecule has 122 valence electrons. The first-order chi connectivity index (χ1) is 10.4. The fourth-order valence-electron chi connectivity index (χ4n) is 4.39. The molecule has 0 aliphatic carbocycles. The van der Waals surface area contributed by atoms with Crippen LogP contribution in [-0.4, -0.2) is 35.8 Å². The second kappa shape index (κ2) is 6.45. The lowest BCUT2D eigenvalue weighted by Gasteiger charge is -2.44. The molecule has 1 aromatic carbocycles. The van der Waals surface area contributed by atoms with Gasteiger partial charge < -0.3 is 0 Å². The summed E-state index contributed by atoms with van der Waals surface area (Å²) < 4.78 is 1.08. The van der Waals surface area contributed by atoms with Gasteiger partial charge in [0, 0.05) is 11.6 Å². The molecule has 2 rings (SSSR count). The summed E-state index contributed by atoms with van der Waals surface area (Å²) >= 11 is 0. The highest BCUT2D eigenvalue weighted by Gasteiger charge is 2.43. The van der Waals surface area contributed by atoms with E-state index >= 15 is 0 Å². The molecular formula is C20H33N2+. The summed E-state index contributed by atoms with van der Waals surface area (Å²) in [5, 5.41) is 2.54. The summed E-state index contributed by atoms with van der Waals surface area (Å²) in [6, 6.07) is 5.18. The highest BCUT2D eigenvalue weighted by atomic mass is 15.8. The van der Waals surface area contributed by atoms with Crippen molar-refractivity contribution in [3.63, 3.8) is 0 Å². The largest absolute Gasteiger partial charge is 0.226 e. The molecule has 1 unspecified atom stereocenters. The average Bonchev–Trinajstić information content (AvgIpc) is 2.64. The molecule has 0 radical (unpaired) electrons. The minimum Gasteiger partial charge on any atom is -0.226 e. The van der Waals surface area contributed by atoms with Crippen LogP contribution in [0.3, 0.4) is 0 Å². The Morgan fingerprint density at radius 2 is 1.50 bits per heavy atom. The Bertz CT molecular complexity index is 542. The standard InChI is InChI=1S/C20H33N2/c1-8-10-22(11-9-2)18(6)14-19(21(22)7)20-16(4)12-15(3)13-17(20)5/h12-14,18H,8-11H2,1-7H3/q+1. The van der Waals surface area contributed by atoms with Crippen molar-refractivity contribution in [2.24, 2.45) is 0 Å². The summed E-state index contributed by atoms with van der Waals surface area (Å²) in [5.41, 5.74) is 7.01. The van der Waals surface area contributed by atoms with E-state index in [2.05, 4.69) is 71.8 Å². The van der Waals surface area contributed by atoms with Gasteiger partial charge in [0.2, 0.25) is 0 Å². The molecule has 1 aliphatic heterocycles. The van der Waals surface area contributed by atoms with Crippen LogP contribution in [0.25, 0.3) is 5.70 Å². The lowest BCUT2D eigenvalue weighted by molar-refractivity contribution is -1.03. The number of quaternary nitrogens is 1. The summed E-state index contributed by atoms with van der Waals surface area (Å²) in [4.78, 5) is 0. The molecule has 0 spiro atoms. The van der Waals surface area contributed by atoms with Gasteiger partial charge >= 0.3 is 0 Å². The predicted molar refractivity (Wildman–Crippen MR) is 96.4 cm³/mol. The quantitative estimate of drug-likeness (QED) is 0.704. The van der Waals surface area contributed by atoms with Crippen molar-refractivity contribution in [1.29, 1.82) is 0 Å². The molecule has 1 heterocycles. The van der Waals surface area contributed by atoms with E-state index in [1.807, 2.05) is 0 Å². The molecule has 0 saturated carbocycles. The van der Waals surface area contributed by atoms with Gasteiger partial charge in [0.1, 0.15) is 19.1 Å². The van der Waals surface area contributed by atoms with Gasteiger partial charge in [-0.1, -0.05) is 31.5 Å². The fraction of sp³-hybridized carbons (Fsp3) is 0.600. The average molecular weight is 301 g/mol. The second-order valence-electron chi connectivity index (χ2n) is 7.02. The van der Waals surface area contributed by atoms with E-state index in [-0.39, 0.29) is 0 Å². The molecule has 22 heavy (non-hydrogen) atoms. The maximum atomic E-state index is 2.54. The van der Waals surface area contributed by atoms with Crippen molar-refractivity contribution >= 4 is 5.70 Å². The summed E-state index contributed by atoms with van der Waals surface area (Å²) in [6.45, 7) is 16.1. The topological polar surface area (TPSA) is 3.24 Å². The monoisotopic (exact) mass is 301 g/mol. The maximum Gasteiger partial charge on any atom is 0.130 e. The Hall–Kier alpha value is -1.28. The number of hydrogen-bond acceptors (Lipinski definition) is 1. The molecule has 0 N–H and O–H groups in total. The Labute approximate surface area is 137 Å². The first-order valence-electron chi connectivity index (χ1n) is 8.78. The molecular weight excluding hydrogens is 268 g/mol. The van der Waals surface area contributed by atoms with E-state index in [1.54, 1.807) is 0 Å². The van der Waals surface area contributed by atoms with E-state index in [1.165, 1.54) is 53.9 Å². The SMILES string of the molecule is CCC[N+]1(CCC)C(C)C=C(c2c(C)cc(C)cc2C)N1C. The molecule has 0 bridgehead atoms. The number of hydrogen-bond donors (Lipinski definition) is 0. The predicted octanol–water partition coefficient (Wildman–Crippen LogP) is 4.84. The van der Waals surface area contributed by atoms with E-state index in [9.17, 15) is 0 Å². The molecule has 1 aliphatic rings. The van der Waals surface area contributed by atoms with Crippen molar-refractivity contribution in [1.82, 2.24) is 5.01 Å². The molecule has 2 nitrogen and oxygen atoms in total. The van der Waals surface area contributed by atoms with Gasteiger partial charge in [-0.05, 0) is 51.7 Å². The summed E-state index contributed by atoms with van der Waals surface area (Å²) in [7, 11) is 2.29. The van der Waals surface area contributed by atoms with Crippen LogP contribution >= 0.6 is 0 Å². The van der Waals surface area contributed by atoms with Crippen LogP contribution < -0.4 is 0 Å². The highest BCUT2D eigenvalue weighted by Crippen LogP contribution is 2.38. The third-order valence-electron chi connectivity index (χ3n) is 5.26. The normalized spacial score (nSPS) is 20.4. The van der Waals surface area contributed by atoms with Crippen LogP contribution in [0.5, 0.6) is 0 Å². The van der Waals surface area contributed by atoms with E-state index in [4.69, 9.17) is 0 Å². The zero-order valence-electron chi connectivity index (χ0n) is 15.5. The zero-order chi connectivity index (χ0) is 16.5. The highest BCUT2D eigenvalue weighted by molar-refractivity contribution is 5.70. The summed E-state index contributed by atoms with van der Waals surface area (Å²) in [6.07, 6.45) is 4.94. The minimum atomic E-state index is 0.556. The zero-order valence-corrected chi connectivity index (χ0v) is 15.5. The Morgan fingerprint density at radius 3 is 1.95 bits per heavy atom. The first kappa shape index (κ1) is 17.1. The van der Waals surface area contributed by atoms with Crippen LogP contribution in [0.1, 0.15) is 55.9 Å².